The second-order valence-electron chi connectivity index (χ2n) is 5.21. The number of carbonyl (C=O) groups excluding carboxylic acids is 1. The van der Waals surface area contributed by atoms with E-state index in [4.69, 9.17) is 4.74 Å². The van der Waals surface area contributed by atoms with Crippen molar-refractivity contribution in [2.45, 2.75) is 6.92 Å². The monoisotopic (exact) mass is 400 g/mol. The van der Waals surface area contributed by atoms with E-state index in [2.05, 4.69) is 26.0 Å². The zero-order chi connectivity index (χ0) is 17.8. The lowest BCUT2D eigenvalue weighted by molar-refractivity contribution is 0.0979. The average Bonchev–Trinajstić information content (AvgIpc) is 3.09. The summed E-state index contributed by atoms with van der Waals surface area (Å²) in [5.41, 5.74) is 1.10. The molecule has 0 bridgehead atoms. The Labute approximate surface area is 154 Å². The van der Waals surface area contributed by atoms with Crippen LogP contribution in [0.5, 0.6) is 5.75 Å². The van der Waals surface area contributed by atoms with E-state index < -0.39 is 0 Å². The molecule has 0 fully saturated rings. The van der Waals surface area contributed by atoms with Crippen molar-refractivity contribution in [3.8, 4) is 11.4 Å². The van der Waals surface area contributed by atoms with Crippen molar-refractivity contribution in [3.05, 3.63) is 65.0 Å². The lowest BCUT2D eigenvalue weighted by Crippen LogP contribution is -2.32. The van der Waals surface area contributed by atoms with Crippen LogP contribution in [0.2, 0.25) is 0 Å². The van der Waals surface area contributed by atoms with Gasteiger partial charge in [-0.15, -0.1) is 0 Å². The van der Waals surface area contributed by atoms with E-state index in [1.165, 1.54) is 7.11 Å². The molecule has 3 aromatic rings. The molecule has 0 saturated heterocycles. The SMILES string of the molecule is CCN(C(=O)c1nn(-c2ccccc2)cc1OC)c1ccc(Br)cn1. The van der Waals surface area contributed by atoms with Gasteiger partial charge in [0.1, 0.15) is 5.82 Å². The molecule has 0 aliphatic rings. The van der Waals surface area contributed by atoms with Crippen molar-refractivity contribution in [1.82, 2.24) is 14.8 Å². The van der Waals surface area contributed by atoms with Crippen LogP contribution in [-0.2, 0) is 0 Å². The summed E-state index contributed by atoms with van der Waals surface area (Å²) in [6, 6.07) is 13.2. The van der Waals surface area contributed by atoms with Gasteiger partial charge in [-0.1, -0.05) is 18.2 Å². The van der Waals surface area contributed by atoms with Crippen LogP contribution in [0.15, 0.2) is 59.3 Å². The number of carbonyl (C=O) groups is 1. The number of hydrogen-bond donors (Lipinski definition) is 0. The molecule has 2 heterocycles. The molecule has 7 heteroatoms. The van der Waals surface area contributed by atoms with E-state index >= 15 is 0 Å². The molecular weight excluding hydrogens is 384 g/mol. The largest absolute Gasteiger partial charge is 0.493 e. The smallest absolute Gasteiger partial charge is 0.283 e. The zero-order valence-corrected chi connectivity index (χ0v) is 15.5. The first kappa shape index (κ1) is 17.2. The number of aromatic nitrogens is 3. The van der Waals surface area contributed by atoms with Crippen LogP contribution in [0.1, 0.15) is 17.4 Å². The van der Waals surface area contributed by atoms with E-state index in [1.807, 2.05) is 43.3 Å². The van der Waals surface area contributed by atoms with Gasteiger partial charge in [-0.3, -0.25) is 9.69 Å². The van der Waals surface area contributed by atoms with Gasteiger partial charge >= 0.3 is 0 Å². The number of ether oxygens (including phenoxy) is 1. The predicted octanol–water partition coefficient (Wildman–Crippen LogP) is 3.71. The molecule has 0 unspecified atom stereocenters. The van der Waals surface area contributed by atoms with Crippen LogP contribution in [0, 0.1) is 0 Å². The number of methoxy groups -OCH3 is 1. The summed E-state index contributed by atoms with van der Waals surface area (Å²) in [4.78, 5) is 18.9. The first-order chi connectivity index (χ1) is 12.1. The summed E-state index contributed by atoms with van der Waals surface area (Å²) in [6.07, 6.45) is 3.36. The Morgan fingerprint density at radius 2 is 2.00 bits per heavy atom. The van der Waals surface area contributed by atoms with Crippen molar-refractivity contribution in [2.24, 2.45) is 0 Å². The number of halogens is 1. The third kappa shape index (κ3) is 3.56. The Morgan fingerprint density at radius 3 is 2.60 bits per heavy atom. The van der Waals surface area contributed by atoms with Gasteiger partial charge in [-0.2, -0.15) is 5.10 Å². The minimum absolute atomic E-state index is 0.248. The van der Waals surface area contributed by atoms with Crippen LogP contribution in [0.3, 0.4) is 0 Å². The fourth-order valence-electron chi connectivity index (χ4n) is 2.43. The minimum Gasteiger partial charge on any atom is -0.493 e. The lowest BCUT2D eigenvalue weighted by atomic mass is 10.3. The van der Waals surface area contributed by atoms with Gasteiger partial charge in [-0.05, 0) is 47.1 Å². The Bertz CT molecular complexity index is 863. The van der Waals surface area contributed by atoms with Crippen LogP contribution in [-0.4, -0.2) is 34.3 Å². The molecule has 1 amide bonds. The topological polar surface area (TPSA) is 60.2 Å². The third-order valence-corrected chi connectivity index (χ3v) is 4.14. The van der Waals surface area contributed by atoms with E-state index in [-0.39, 0.29) is 11.6 Å². The highest BCUT2D eigenvalue weighted by atomic mass is 79.9. The lowest BCUT2D eigenvalue weighted by Gasteiger charge is -2.19. The van der Waals surface area contributed by atoms with Crippen molar-refractivity contribution in [3.63, 3.8) is 0 Å². The van der Waals surface area contributed by atoms with Gasteiger partial charge in [0.15, 0.2) is 11.4 Å². The molecule has 0 spiro atoms. The quantitative estimate of drug-likeness (QED) is 0.654. The van der Waals surface area contributed by atoms with Crippen molar-refractivity contribution in [2.75, 3.05) is 18.6 Å². The standard InChI is InChI=1S/C18H17BrN4O2/c1-3-22(16-10-9-13(19)11-20-16)18(24)17-15(25-2)12-23(21-17)14-7-5-4-6-8-14/h4-12H,3H2,1-2H3. The summed E-state index contributed by atoms with van der Waals surface area (Å²) in [5, 5.41) is 4.43. The van der Waals surface area contributed by atoms with Crippen LogP contribution in [0.25, 0.3) is 5.69 Å². The van der Waals surface area contributed by atoms with Crippen LogP contribution in [0.4, 0.5) is 5.82 Å². The number of benzene rings is 1. The van der Waals surface area contributed by atoms with Crippen molar-refractivity contribution < 1.29 is 9.53 Å². The second kappa shape index (κ2) is 7.48. The maximum atomic E-state index is 13.0. The van der Waals surface area contributed by atoms with E-state index in [9.17, 15) is 4.79 Å². The maximum Gasteiger partial charge on any atom is 0.283 e. The summed E-state index contributed by atoms with van der Waals surface area (Å²) in [7, 11) is 1.53. The summed E-state index contributed by atoms with van der Waals surface area (Å²) in [5.74, 6) is 0.722. The third-order valence-electron chi connectivity index (χ3n) is 3.67. The zero-order valence-electron chi connectivity index (χ0n) is 13.9. The van der Waals surface area contributed by atoms with Crippen molar-refractivity contribution >= 4 is 27.7 Å². The second-order valence-corrected chi connectivity index (χ2v) is 6.13. The molecule has 25 heavy (non-hydrogen) atoms. The predicted molar refractivity (Wildman–Crippen MR) is 99.4 cm³/mol. The first-order valence-corrected chi connectivity index (χ1v) is 8.55. The Hall–Kier alpha value is -2.67. The number of rotatable bonds is 5. The van der Waals surface area contributed by atoms with Gasteiger partial charge in [-0.25, -0.2) is 9.67 Å². The summed E-state index contributed by atoms with van der Waals surface area (Å²) < 4.78 is 7.85. The molecule has 1 aromatic carbocycles. The molecule has 0 N–H and O–H groups in total. The molecule has 0 radical (unpaired) electrons. The highest BCUT2D eigenvalue weighted by Crippen LogP contribution is 2.23. The highest BCUT2D eigenvalue weighted by molar-refractivity contribution is 9.10. The average molecular weight is 401 g/mol. The van der Waals surface area contributed by atoms with Crippen LogP contribution >= 0.6 is 15.9 Å². The fourth-order valence-corrected chi connectivity index (χ4v) is 2.67. The Morgan fingerprint density at radius 1 is 1.24 bits per heavy atom. The highest BCUT2D eigenvalue weighted by Gasteiger charge is 2.24. The number of para-hydroxylation sites is 1. The molecule has 0 aliphatic carbocycles. The molecule has 0 saturated carbocycles. The minimum atomic E-state index is -0.260. The number of pyridine rings is 1. The summed E-state index contributed by atoms with van der Waals surface area (Å²) >= 11 is 3.35. The molecular formula is C18H17BrN4O2. The molecule has 3 rings (SSSR count). The van der Waals surface area contributed by atoms with E-state index in [0.717, 1.165) is 10.2 Å². The number of hydrogen-bond acceptors (Lipinski definition) is 4. The normalized spacial score (nSPS) is 10.5. The molecule has 6 nitrogen and oxygen atoms in total. The molecule has 0 aliphatic heterocycles. The van der Waals surface area contributed by atoms with Gasteiger partial charge in [0, 0.05) is 17.2 Å². The maximum absolute atomic E-state index is 13.0. The van der Waals surface area contributed by atoms with E-state index in [1.54, 1.807) is 28.0 Å². The van der Waals surface area contributed by atoms with Gasteiger partial charge in [0.25, 0.3) is 5.91 Å². The van der Waals surface area contributed by atoms with E-state index in [0.29, 0.717) is 18.1 Å². The van der Waals surface area contributed by atoms with Gasteiger partial charge in [0.2, 0.25) is 0 Å². The molecule has 128 valence electrons. The number of nitrogens with zero attached hydrogens (tertiary/aromatic N) is 4. The molecule has 0 atom stereocenters. The fraction of sp³-hybridized carbons (Fsp3) is 0.167. The Balaban J connectivity index is 1.98. The number of amides is 1. The van der Waals surface area contributed by atoms with Gasteiger partial charge in [0.05, 0.1) is 19.0 Å². The Kier molecular flexibility index (Phi) is 5.14. The number of anilines is 1. The summed E-state index contributed by atoms with van der Waals surface area (Å²) in [6.45, 7) is 2.36. The first-order valence-electron chi connectivity index (χ1n) is 7.76. The van der Waals surface area contributed by atoms with Crippen molar-refractivity contribution in [1.29, 1.82) is 0 Å². The van der Waals surface area contributed by atoms with Crippen LogP contribution < -0.4 is 9.64 Å². The molecule has 2 aromatic heterocycles. The van der Waals surface area contributed by atoms with Gasteiger partial charge < -0.3 is 4.74 Å².